The van der Waals surface area contributed by atoms with Gasteiger partial charge >= 0.3 is 0 Å². The third-order valence-corrected chi connectivity index (χ3v) is 5.33. The van der Waals surface area contributed by atoms with E-state index in [4.69, 9.17) is 4.74 Å². The summed E-state index contributed by atoms with van der Waals surface area (Å²) in [4.78, 5) is 28.6. The number of benzene rings is 1. The maximum absolute atomic E-state index is 12.5. The number of ether oxygens (including phenoxy) is 1. The summed E-state index contributed by atoms with van der Waals surface area (Å²) in [6, 6.07) is 7.78. The van der Waals surface area contributed by atoms with Gasteiger partial charge in [0.1, 0.15) is 0 Å². The summed E-state index contributed by atoms with van der Waals surface area (Å²) >= 11 is 0. The fourth-order valence-electron chi connectivity index (χ4n) is 3.60. The van der Waals surface area contributed by atoms with Gasteiger partial charge < -0.3 is 14.5 Å². The summed E-state index contributed by atoms with van der Waals surface area (Å²) in [5, 5.41) is 0. The molecule has 5 nitrogen and oxygen atoms in total. The van der Waals surface area contributed by atoms with Crippen LogP contribution in [-0.2, 0) is 9.53 Å². The van der Waals surface area contributed by atoms with Crippen LogP contribution in [0.1, 0.15) is 41.6 Å². The van der Waals surface area contributed by atoms with Gasteiger partial charge in [-0.1, -0.05) is 17.7 Å². The van der Waals surface area contributed by atoms with E-state index < -0.39 is 0 Å². The average molecular weight is 344 g/mol. The molecular weight excluding hydrogens is 316 g/mol. The van der Waals surface area contributed by atoms with Crippen molar-refractivity contribution in [3.63, 3.8) is 0 Å². The van der Waals surface area contributed by atoms with Gasteiger partial charge in [-0.3, -0.25) is 9.59 Å². The molecule has 5 heteroatoms. The maximum atomic E-state index is 12.5. The molecule has 2 aliphatic heterocycles. The molecule has 0 bridgehead atoms. The van der Waals surface area contributed by atoms with Crippen molar-refractivity contribution in [3.05, 3.63) is 35.4 Å². The van der Waals surface area contributed by atoms with Crippen LogP contribution in [0.4, 0.5) is 0 Å². The number of hydrogen-bond donors (Lipinski definition) is 0. The molecule has 25 heavy (non-hydrogen) atoms. The summed E-state index contributed by atoms with van der Waals surface area (Å²) in [6.07, 6.45) is 3.54. The summed E-state index contributed by atoms with van der Waals surface area (Å²) in [6.45, 7) is 6.38. The number of likely N-dealkylation sites (tertiary alicyclic amines) is 1. The van der Waals surface area contributed by atoms with Gasteiger partial charge in [-0.25, -0.2) is 0 Å². The molecule has 0 N–H and O–H groups in total. The molecule has 2 amide bonds. The van der Waals surface area contributed by atoms with Gasteiger partial charge in [0.15, 0.2) is 0 Å². The molecule has 0 aliphatic carbocycles. The normalized spacial score (nSPS) is 19.1. The van der Waals surface area contributed by atoms with Gasteiger partial charge in [0.25, 0.3) is 5.91 Å². The average Bonchev–Trinajstić information content (AvgIpc) is 2.67. The van der Waals surface area contributed by atoms with E-state index in [2.05, 4.69) is 0 Å². The fraction of sp³-hybridized carbons (Fsp3) is 0.600. The van der Waals surface area contributed by atoms with Crippen LogP contribution in [0.15, 0.2) is 24.3 Å². The predicted molar refractivity (Wildman–Crippen MR) is 96.4 cm³/mol. The quantitative estimate of drug-likeness (QED) is 0.843. The second kappa shape index (κ2) is 8.48. The van der Waals surface area contributed by atoms with Gasteiger partial charge in [0.2, 0.25) is 5.91 Å². The lowest BCUT2D eigenvalue weighted by Gasteiger charge is -2.33. The van der Waals surface area contributed by atoms with Gasteiger partial charge in [-0.05, 0) is 44.2 Å². The number of carbonyl (C=O) groups excluding carboxylic acids is 2. The predicted octanol–water partition coefficient (Wildman–Crippen LogP) is 2.49. The smallest absolute Gasteiger partial charge is 0.253 e. The standard InChI is InChI=1S/C20H28N2O3/c1-16-2-5-18(6-3-16)20(24)22-10-8-17(9-11-22)4-7-19(23)21-12-14-25-15-13-21/h2-3,5-6,17H,4,7-15H2,1H3. The minimum atomic E-state index is 0.128. The number of morpholine rings is 1. The molecule has 3 rings (SSSR count). The largest absolute Gasteiger partial charge is 0.378 e. The lowest BCUT2D eigenvalue weighted by molar-refractivity contribution is -0.135. The lowest BCUT2D eigenvalue weighted by atomic mass is 9.91. The molecule has 0 unspecified atom stereocenters. The summed E-state index contributed by atoms with van der Waals surface area (Å²) in [5.41, 5.74) is 1.94. The summed E-state index contributed by atoms with van der Waals surface area (Å²) < 4.78 is 5.29. The van der Waals surface area contributed by atoms with Crippen LogP contribution >= 0.6 is 0 Å². The van der Waals surface area contributed by atoms with Crippen molar-refractivity contribution >= 4 is 11.8 Å². The molecular formula is C20H28N2O3. The van der Waals surface area contributed by atoms with Crippen LogP contribution in [0, 0.1) is 12.8 Å². The number of aryl methyl sites for hydroxylation is 1. The second-order valence-electron chi connectivity index (χ2n) is 7.13. The highest BCUT2D eigenvalue weighted by Crippen LogP contribution is 2.23. The molecule has 0 saturated carbocycles. The number of nitrogens with zero attached hydrogens (tertiary/aromatic N) is 2. The van der Waals surface area contributed by atoms with Crippen molar-refractivity contribution in [1.29, 1.82) is 0 Å². The van der Waals surface area contributed by atoms with Gasteiger partial charge in [-0.15, -0.1) is 0 Å². The molecule has 136 valence electrons. The van der Waals surface area contributed by atoms with E-state index in [1.54, 1.807) is 0 Å². The number of carbonyl (C=O) groups is 2. The first-order valence-corrected chi connectivity index (χ1v) is 9.35. The van der Waals surface area contributed by atoms with E-state index in [0.29, 0.717) is 25.6 Å². The molecule has 1 aromatic rings. The summed E-state index contributed by atoms with van der Waals surface area (Å²) in [5.74, 6) is 0.927. The molecule has 2 aliphatic rings. The number of rotatable bonds is 4. The third-order valence-electron chi connectivity index (χ3n) is 5.33. The lowest BCUT2D eigenvalue weighted by Crippen LogP contribution is -2.41. The van der Waals surface area contributed by atoms with Crippen LogP contribution in [-0.4, -0.2) is 61.0 Å². The van der Waals surface area contributed by atoms with E-state index in [0.717, 1.165) is 51.0 Å². The summed E-state index contributed by atoms with van der Waals surface area (Å²) in [7, 11) is 0. The zero-order valence-corrected chi connectivity index (χ0v) is 15.1. The highest BCUT2D eigenvalue weighted by Gasteiger charge is 2.25. The van der Waals surface area contributed by atoms with Gasteiger partial charge in [0, 0.05) is 38.2 Å². The molecule has 0 aromatic heterocycles. The molecule has 0 radical (unpaired) electrons. The van der Waals surface area contributed by atoms with Gasteiger partial charge in [0.05, 0.1) is 13.2 Å². The third kappa shape index (κ3) is 4.82. The first kappa shape index (κ1) is 17.9. The first-order valence-electron chi connectivity index (χ1n) is 9.35. The molecule has 2 heterocycles. The Morgan fingerprint density at radius 3 is 2.28 bits per heavy atom. The van der Waals surface area contributed by atoms with Crippen LogP contribution in [0.5, 0.6) is 0 Å². The van der Waals surface area contributed by atoms with Crippen molar-refractivity contribution < 1.29 is 14.3 Å². The Morgan fingerprint density at radius 1 is 1.00 bits per heavy atom. The van der Waals surface area contributed by atoms with E-state index in [9.17, 15) is 9.59 Å². The second-order valence-corrected chi connectivity index (χ2v) is 7.13. The van der Waals surface area contributed by atoms with Crippen molar-refractivity contribution in [2.75, 3.05) is 39.4 Å². The van der Waals surface area contributed by atoms with Crippen LogP contribution in [0.25, 0.3) is 0 Å². The zero-order valence-electron chi connectivity index (χ0n) is 15.1. The Kier molecular flexibility index (Phi) is 6.08. The van der Waals surface area contributed by atoms with E-state index in [-0.39, 0.29) is 11.8 Å². The van der Waals surface area contributed by atoms with E-state index in [1.165, 1.54) is 5.56 Å². The fourth-order valence-corrected chi connectivity index (χ4v) is 3.60. The Balaban J connectivity index is 1.41. The minimum absolute atomic E-state index is 0.128. The van der Waals surface area contributed by atoms with Crippen LogP contribution < -0.4 is 0 Å². The first-order chi connectivity index (χ1) is 12.1. The minimum Gasteiger partial charge on any atom is -0.378 e. The van der Waals surface area contributed by atoms with Crippen LogP contribution in [0.3, 0.4) is 0 Å². The maximum Gasteiger partial charge on any atom is 0.253 e. The SMILES string of the molecule is Cc1ccc(C(=O)N2CCC(CCC(=O)N3CCOCC3)CC2)cc1. The van der Waals surface area contributed by atoms with Crippen molar-refractivity contribution in [2.24, 2.45) is 5.92 Å². The highest BCUT2D eigenvalue weighted by molar-refractivity contribution is 5.94. The van der Waals surface area contributed by atoms with E-state index in [1.807, 2.05) is 41.0 Å². The van der Waals surface area contributed by atoms with Crippen molar-refractivity contribution in [2.45, 2.75) is 32.6 Å². The number of hydrogen-bond acceptors (Lipinski definition) is 3. The molecule has 0 spiro atoms. The molecule has 2 fully saturated rings. The van der Waals surface area contributed by atoms with Crippen molar-refractivity contribution in [1.82, 2.24) is 9.80 Å². The van der Waals surface area contributed by atoms with Crippen molar-refractivity contribution in [3.8, 4) is 0 Å². The molecule has 1 aromatic carbocycles. The topological polar surface area (TPSA) is 49.9 Å². The van der Waals surface area contributed by atoms with Crippen LogP contribution in [0.2, 0.25) is 0 Å². The Bertz CT molecular complexity index is 585. The molecule has 0 atom stereocenters. The monoisotopic (exact) mass is 344 g/mol. The highest BCUT2D eigenvalue weighted by atomic mass is 16.5. The zero-order chi connectivity index (χ0) is 17.6. The molecule has 2 saturated heterocycles. The van der Waals surface area contributed by atoms with E-state index >= 15 is 0 Å². The van der Waals surface area contributed by atoms with Gasteiger partial charge in [-0.2, -0.15) is 0 Å². The Labute approximate surface area is 149 Å². The Morgan fingerprint density at radius 2 is 1.64 bits per heavy atom. The Hall–Kier alpha value is -1.88. The number of piperidine rings is 1. The number of amides is 2.